The van der Waals surface area contributed by atoms with Gasteiger partial charge < -0.3 is 20.6 Å². The standard InChI is InChI=1S/C17H21FN10O/c1-9-5-13(27-26-9)22-16-23-15(21-10(2)14-19-6-11(18)7-20-14)24-17(25-16)28-4-3-12(28)8-29/h5-7,10,12,29H,3-4,8H2,1-2H3,(H3,21,22,23,24,25,26,27)/t10-,12+/m0/s1. The van der Waals surface area contributed by atoms with Gasteiger partial charge in [0.05, 0.1) is 31.1 Å². The first-order chi connectivity index (χ1) is 14.0. The van der Waals surface area contributed by atoms with Gasteiger partial charge in [-0.1, -0.05) is 0 Å². The van der Waals surface area contributed by atoms with E-state index in [0.29, 0.717) is 29.5 Å². The molecule has 0 spiro atoms. The first kappa shape index (κ1) is 18.9. The predicted octanol–water partition coefficient (Wildman–Crippen LogP) is 1.32. The van der Waals surface area contributed by atoms with E-state index in [4.69, 9.17) is 0 Å². The van der Waals surface area contributed by atoms with E-state index in [2.05, 4.69) is 45.8 Å². The number of hydrogen-bond acceptors (Lipinski definition) is 10. The molecule has 152 valence electrons. The zero-order valence-electron chi connectivity index (χ0n) is 16.0. The van der Waals surface area contributed by atoms with E-state index in [1.54, 1.807) is 0 Å². The zero-order valence-corrected chi connectivity index (χ0v) is 16.0. The van der Waals surface area contributed by atoms with Gasteiger partial charge in [0, 0.05) is 18.3 Å². The summed E-state index contributed by atoms with van der Waals surface area (Å²) >= 11 is 0. The average molecular weight is 400 g/mol. The minimum absolute atomic E-state index is 0.0234. The van der Waals surface area contributed by atoms with Crippen LogP contribution >= 0.6 is 0 Å². The largest absolute Gasteiger partial charge is 0.394 e. The van der Waals surface area contributed by atoms with E-state index in [9.17, 15) is 9.50 Å². The summed E-state index contributed by atoms with van der Waals surface area (Å²) in [6.07, 6.45) is 3.09. The van der Waals surface area contributed by atoms with Gasteiger partial charge in [0.15, 0.2) is 11.6 Å². The summed E-state index contributed by atoms with van der Waals surface area (Å²) in [5.74, 6) is 1.52. The van der Waals surface area contributed by atoms with E-state index >= 15 is 0 Å². The molecule has 29 heavy (non-hydrogen) atoms. The molecule has 4 heterocycles. The Hall–Kier alpha value is -3.41. The van der Waals surface area contributed by atoms with Crippen molar-refractivity contribution in [1.29, 1.82) is 0 Å². The number of nitrogens with zero attached hydrogens (tertiary/aromatic N) is 7. The molecule has 0 aliphatic carbocycles. The maximum Gasteiger partial charge on any atom is 0.235 e. The topological polar surface area (TPSA) is 141 Å². The van der Waals surface area contributed by atoms with Gasteiger partial charge in [-0.2, -0.15) is 20.1 Å². The van der Waals surface area contributed by atoms with Crippen molar-refractivity contribution in [2.45, 2.75) is 32.4 Å². The second-order valence-electron chi connectivity index (χ2n) is 6.79. The van der Waals surface area contributed by atoms with E-state index < -0.39 is 5.82 Å². The quantitative estimate of drug-likeness (QED) is 0.459. The van der Waals surface area contributed by atoms with Crippen molar-refractivity contribution in [2.24, 2.45) is 0 Å². The lowest BCUT2D eigenvalue weighted by Gasteiger charge is -2.39. The molecule has 0 bridgehead atoms. The lowest BCUT2D eigenvalue weighted by molar-refractivity contribution is 0.224. The molecular weight excluding hydrogens is 379 g/mol. The summed E-state index contributed by atoms with van der Waals surface area (Å²) in [5.41, 5.74) is 0.894. The highest BCUT2D eigenvalue weighted by atomic mass is 19.1. The first-order valence-corrected chi connectivity index (χ1v) is 9.18. The summed E-state index contributed by atoms with van der Waals surface area (Å²) in [6, 6.07) is 1.44. The Morgan fingerprint density at radius 3 is 2.66 bits per heavy atom. The maximum atomic E-state index is 13.1. The van der Waals surface area contributed by atoms with Crippen LogP contribution in [0.5, 0.6) is 0 Å². The molecule has 3 aromatic heterocycles. The Kier molecular flexibility index (Phi) is 5.16. The number of aryl methyl sites for hydroxylation is 1. The van der Waals surface area contributed by atoms with Crippen LogP contribution in [-0.2, 0) is 0 Å². The fourth-order valence-corrected chi connectivity index (χ4v) is 2.91. The number of nitrogens with one attached hydrogen (secondary N) is 3. The number of aromatic nitrogens is 7. The first-order valence-electron chi connectivity index (χ1n) is 9.18. The highest BCUT2D eigenvalue weighted by Crippen LogP contribution is 2.26. The van der Waals surface area contributed by atoms with Gasteiger partial charge in [-0.3, -0.25) is 5.10 Å². The van der Waals surface area contributed by atoms with Crippen LogP contribution in [0.15, 0.2) is 18.5 Å². The Bertz CT molecular complexity index is 977. The van der Waals surface area contributed by atoms with E-state index in [-0.39, 0.29) is 18.7 Å². The van der Waals surface area contributed by atoms with Crippen molar-refractivity contribution in [3.8, 4) is 0 Å². The molecule has 2 atom stereocenters. The van der Waals surface area contributed by atoms with Crippen LogP contribution in [0.2, 0.25) is 0 Å². The number of rotatable bonds is 7. The Morgan fingerprint density at radius 1 is 1.28 bits per heavy atom. The smallest absolute Gasteiger partial charge is 0.235 e. The third kappa shape index (κ3) is 4.21. The fourth-order valence-electron chi connectivity index (χ4n) is 2.91. The third-order valence-corrected chi connectivity index (χ3v) is 4.55. The molecule has 12 heteroatoms. The average Bonchev–Trinajstić information content (AvgIpc) is 3.06. The van der Waals surface area contributed by atoms with E-state index in [1.807, 2.05) is 24.8 Å². The molecule has 4 N–H and O–H groups in total. The molecule has 11 nitrogen and oxygen atoms in total. The highest BCUT2D eigenvalue weighted by molar-refractivity contribution is 5.53. The highest BCUT2D eigenvalue weighted by Gasteiger charge is 2.30. The third-order valence-electron chi connectivity index (χ3n) is 4.55. The molecule has 0 amide bonds. The maximum absolute atomic E-state index is 13.1. The van der Waals surface area contributed by atoms with Gasteiger partial charge in [0.2, 0.25) is 17.8 Å². The van der Waals surface area contributed by atoms with Crippen LogP contribution in [0, 0.1) is 12.7 Å². The monoisotopic (exact) mass is 400 g/mol. The van der Waals surface area contributed by atoms with Gasteiger partial charge in [0.1, 0.15) is 5.82 Å². The van der Waals surface area contributed by atoms with Crippen LogP contribution < -0.4 is 15.5 Å². The summed E-state index contributed by atoms with van der Waals surface area (Å²) in [5, 5.41) is 22.6. The molecule has 3 aromatic rings. The Balaban J connectivity index is 1.60. The minimum Gasteiger partial charge on any atom is -0.394 e. The van der Waals surface area contributed by atoms with Crippen molar-refractivity contribution in [1.82, 2.24) is 35.1 Å². The SMILES string of the molecule is Cc1cc(Nc2nc(N[C@@H](C)c3ncc(F)cn3)nc(N3CC[C@@H]3CO)n2)n[nH]1. The zero-order chi connectivity index (χ0) is 20.4. The fraction of sp³-hybridized carbons (Fsp3) is 0.412. The molecule has 4 rings (SSSR count). The normalized spacial score (nSPS) is 17.0. The lowest BCUT2D eigenvalue weighted by Crippen LogP contribution is -2.51. The lowest BCUT2D eigenvalue weighted by atomic mass is 10.1. The van der Waals surface area contributed by atoms with Crippen LogP contribution in [0.25, 0.3) is 0 Å². The summed E-state index contributed by atoms with van der Waals surface area (Å²) in [4.78, 5) is 23.2. The number of H-pyrrole nitrogens is 1. The van der Waals surface area contributed by atoms with Crippen LogP contribution in [0.1, 0.15) is 30.9 Å². The number of anilines is 4. The van der Waals surface area contributed by atoms with Gasteiger partial charge in [-0.05, 0) is 20.3 Å². The molecule has 0 aromatic carbocycles. The van der Waals surface area contributed by atoms with E-state index in [1.165, 1.54) is 0 Å². The summed E-state index contributed by atoms with van der Waals surface area (Å²) < 4.78 is 13.1. The van der Waals surface area contributed by atoms with Gasteiger partial charge >= 0.3 is 0 Å². The van der Waals surface area contributed by atoms with Gasteiger partial charge in [-0.15, -0.1) is 0 Å². The second-order valence-corrected chi connectivity index (χ2v) is 6.79. The van der Waals surface area contributed by atoms with Crippen molar-refractivity contribution >= 4 is 23.7 Å². The van der Waals surface area contributed by atoms with E-state index in [0.717, 1.165) is 31.1 Å². The number of aromatic amines is 1. The van der Waals surface area contributed by atoms with Gasteiger partial charge in [-0.25, -0.2) is 14.4 Å². The number of aliphatic hydroxyl groups excluding tert-OH is 1. The predicted molar refractivity (Wildman–Crippen MR) is 103 cm³/mol. The Labute approximate surface area is 165 Å². The molecule has 1 saturated heterocycles. The van der Waals surface area contributed by atoms with Crippen LogP contribution in [0.3, 0.4) is 0 Å². The molecule has 0 unspecified atom stereocenters. The van der Waals surface area contributed by atoms with Crippen molar-refractivity contribution in [3.05, 3.63) is 35.8 Å². The molecule has 1 fully saturated rings. The minimum atomic E-state index is -0.503. The van der Waals surface area contributed by atoms with Gasteiger partial charge in [0.25, 0.3) is 0 Å². The summed E-state index contributed by atoms with van der Waals surface area (Å²) in [7, 11) is 0. The molecule has 0 radical (unpaired) electrons. The molecule has 0 saturated carbocycles. The molecule has 1 aliphatic rings. The van der Waals surface area contributed by atoms with Crippen LogP contribution in [-0.4, -0.2) is 59.4 Å². The molecule has 1 aliphatic heterocycles. The number of hydrogen-bond donors (Lipinski definition) is 4. The van der Waals surface area contributed by atoms with Crippen molar-refractivity contribution in [2.75, 3.05) is 28.7 Å². The Morgan fingerprint density at radius 2 is 2.03 bits per heavy atom. The van der Waals surface area contributed by atoms with Crippen molar-refractivity contribution < 1.29 is 9.50 Å². The second kappa shape index (κ2) is 7.91. The van der Waals surface area contributed by atoms with Crippen LogP contribution in [0.4, 0.5) is 28.1 Å². The van der Waals surface area contributed by atoms with Crippen molar-refractivity contribution in [3.63, 3.8) is 0 Å². The number of halogens is 1. The molecular formula is C17H21FN10O. The number of aliphatic hydroxyl groups is 1. The summed E-state index contributed by atoms with van der Waals surface area (Å²) in [6.45, 7) is 4.48.